The molecule has 0 bridgehead atoms. The molecule has 4 rings (SSSR count). The molecule has 2 fully saturated rings. The number of halogens is 1. The molecule has 0 unspecified atom stereocenters. The highest BCUT2D eigenvalue weighted by atomic mass is 19.1. The normalized spacial score (nSPS) is 25.1. The zero-order valence-electron chi connectivity index (χ0n) is 13.5. The van der Waals surface area contributed by atoms with E-state index in [2.05, 4.69) is 15.3 Å². The second-order valence-corrected chi connectivity index (χ2v) is 6.55. The number of nitrogens with zero attached hydrogens (tertiary/aromatic N) is 3. The van der Waals surface area contributed by atoms with E-state index in [9.17, 15) is 14.0 Å². The highest BCUT2D eigenvalue weighted by molar-refractivity contribution is 6.00. The largest absolute Gasteiger partial charge is 0.338 e. The first-order valence-corrected chi connectivity index (χ1v) is 8.21. The van der Waals surface area contributed by atoms with Gasteiger partial charge in [-0.3, -0.25) is 14.6 Å². The van der Waals surface area contributed by atoms with Gasteiger partial charge in [-0.05, 0) is 30.5 Å². The van der Waals surface area contributed by atoms with Crippen molar-refractivity contribution in [3.05, 3.63) is 54.2 Å². The maximum atomic E-state index is 13.4. The smallest absolute Gasteiger partial charge is 0.238 e. The molecule has 2 aliphatic rings. The Morgan fingerprint density at radius 1 is 1.28 bits per heavy atom. The van der Waals surface area contributed by atoms with Crippen molar-refractivity contribution in [1.82, 2.24) is 14.9 Å². The SMILES string of the molecule is O=C1CC[C@H]2C[C@@](C(=O)Nc3cnccn3)(c3ccc(F)cc3)CN12. The molecule has 2 aliphatic heterocycles. The minimum atomic E-state index is -0.911. The molecule has 0 radical (unpaired) electrons. The fourth-order valence-corrected chi connectivity index (χ4v) is 3.85. The second kappa shape index (κ2) is 5.91. The van der Waals surface area contributed by atoms with Crippen LogP contribution in [0.4, 0.5) is 10.2 Å². The van der Waals surface area contributed by atoms with Gasteiger partial charge in [0.15, 0.2) is 5.82 Å². The van der Waals surface area contributed by atoms with E-state index < -0.39 is 5.41 Å². The van der Waals surface area contributed by atoms with Crippen LogP contribution in [0.3, 0.4) is 0 Å². The average molecular weight is 340 g/mol. The molecule has 0 spiro atoms. The van der Waals surface area contributed by atoms with Crippen molar-refractivity contribution >= 4 is 17.6 Å². The van der Waals surface area contributed by atoms with Crippen LogP contribution in [0.1, 0.15) is 24.8 Å². The number of carbonyl (C=O) groups is 2. The number of amides is 2. The lowest BCUT2D eigenvalue weighted by atomic mass is 9.77. The predicted octanol–water partition coefficient (Wildman–Crippen LogP) is 1.89. The van der Waals surface area contributed by atoms with Gasteiger partial charge in [0.25, 0.3) is 0 Å². The molecule has 2 aromatic rings. The molecule has 1 N–H and O–H groups in total. The molecule has 3 heterocycles. The molecule has 2 atom stereocenters. The molecule has 0 saturated carbocycles. The van der Waals surface area contributed by atoms with Crippen molar-refractivity contribution < 1.29 is 14.0 Å². The van der Waals surface area contributed by atoms with Crippen LogP contribution < -0.4 is 5.32 Å². The summed E-state index contributed by atoms with van der Waals surface area (Å²) in [5.74, 6) is -0.182. The Kier molecular flexibility index (Phi) is 3.71. The molecule has 1 aromatic carbocycles. The summed E-state index contributed by atoms with van der Waals surface area (Å²) in [5, 5.41) is 2.80. The number of nitrogens with one attached hydrogen (secondary N) is 1. The van der Waals surface area contributed by atoms with Crippen LogP contribution in [0.2, 0.25) is 0 Å². The van der Waals surface area contributed by atoms with Crippen LogP contribution in [0.5, 0.6) is 0 Å². The Balaban J connectivity index is 1.70. The number of fused-ring (bicyclic) bond motifs is 1. The fourth-order valence-electron chi connectivity index (χ4n) is 3.85. The maximum Gasteiger partial charge on any atom is 0.238 e. The first kappa shape index (κ1) is 15.7. The lowest BCUT2D eigenvalue weighted by Gasteiger charge is -2.28. The number of hydrogen-bond acceptors (Lipinski definition) is 4. The van der Waals surface area contributed by atoms with E-state index in [4.69, 9.17) is 0 Å². The zero-order chi connectivity index (χ0) is 17.4. The summed E-state index contributed by atoms with van der Waals surface area (Å²) in [6.07, 6.45) is 6.29. The Morgan fingerprint density at radius 2 is 2.08 bits per heavy atom. The first-order chi connectivity index (χ1) is 12.1. The van der Waals surface area contributed by atoms with E-state index in [0.717, 1.165) is 6.42 Å². The van der Waals surface area contributed by atoms with Gasteiger partial charge < -0.3 is 10.2 Å². The molecule has 0 aliphatic carbocycles. The van der Waals surface area contributed by atoms with Gasteiger partial charge in [-0.1, -0.05) is 12.1 Å². The molecule has 1 aromatic heterocycles. The van der Waals surface area contributed by atoms with Gasteiger partial charge in [0, 0.05) is 31.4 Å². The van der Waals surface area contributed by atoms with Gasteiger partial charge in [-0.2, -0.15) is 0 Å². The van der Waals surface area contributed by atoms with Crippen LogP contribution in [-0.4, -0.2) is 39.3 Å². The Morgan fingerprint density at radius 3 is 2.76 bits per heavy atom. The highest BCUT2D eigenvalue weighted by Gasteiger charge is 2.53. The van der Waals surface area contributed by atoms with Gasteiger partial charge in [-0.15, -0.1) is 0 Å². The monoisotopic (exact) mass is 340 g/mol. The quantitative estimate of drug-likeness (QED) is 0.926. The molecule has 128 valence electrons. The number of anilines is 1. The minimum absolute atomic E-state index is 0.0464. The summed E-state index contributed by atoms with van der Waals surface area (Å²) in [4.78, 5) is 35.1. The summed E-state index contributed by atoms with van der Waals surface area (Å²) < 4.78 is 13.4. The lowest BCUT2D eigenvalue weighted by molar-refractivity contribution is -0.128. The van der Waals surface area contributed by atoms with Crippen molar-refractivity contribution in [2.24, 2.45) is 0 Å². The highest BCUT2D eigenvalue weighted by Crippen LogP contribution is 2.43. The number of rotatable bonds is 3. The lowest BCUT2D eigenvalue weighted by Crippen LogP contribution is -2.43. The van der Waals surface area contributed by atoms with Crippen molar-refractivity contribution in [3.63, 3.8) is 0 Å². The minimum Gasteiger partial charge on any atom is -0.338 e. The van der Waals surface area contributed by atoms with Gasteiger partial charge in [0.05, 0.1) is 11.6 Å². The van der Waals surface area contributed by atoms with Crippen LogP contribution >= 0.6 is 0 Å². The summed E-state index contributed by atoms with van der Waals surface area (Å²) in [6, 6.07) is 5.98. The molecular weight excluding hydrogens is 323 g/mol. The van der Waals surface area contributed by atoms with Crippen LogP contribution in [0.15, 0.2) is 42.9 Å². The van der Waals surface area contributed by atoms with Gasteiger partial charge in [-0.25, -0.2) is 9.37 Å². The first-order valence-electron chi connectivity index (χ1n) is 8.21. The fraction of sp³-hybridized carbons (Fsp3) is 0.333. The summed E-state index contributed by atoms with van der Waals surface area (Å²) >= 11 is 0. The van der Waals surface area contributed by atoms with E-state index in [1.807, 2.05) is 0 Å². The molecule has 6 nitrogen and oxygen atoms in total. The van der Waals surface area contributed by atoms with Crippen molar-refractivity contribution in [2.45, 2.75) is 30.7 Å². The van der Waals surface area contributed by atoms with Gasteiger partial charge >= 0.3 is 0 Å². The standard InChI is InChI=1S/C18H17FN4O2/c19-13-3-1-12(2-4-13)18(9-14-5-6-16(24)23(14)11-18)17(25)22-15-10-20-7-8-21-15/h1-4,7-8,10,14H,5-6,9,11H2,(H,21,22,25)/t14-,18-/m0/s1. The summed E-state index contributed by atoms with van der Waals surface area (Å²) in [6.45, 7) is 0.300. The van der Waals surface area contributed by atoms with Crippen molar-refractivity contribution in [3.8, 4) is 0 Å². The third-order valence-corrected chi connectivity index (χ3v) is 5.11. The Labute approximate surface area is 144 Å². The summed E-state index contributed by atoms with van der Waals surface area (Å²) in [5.41, 5.74) is -0.205. The topological polar surface area (TPSA) is 75.2 Å². The number of aromatic nitrogens is 2. The van der Waals surface area contributed by atoms with Crippen molar-refractivity contribution in [1.29, 1.82) is 0 Å². The third kappa shape index (κ3) is 2.65. The van der Waals surface area contributed by atoms with E-state index in [-0.39, 0.29) is 23.7 Å². The third-order valence-electron chi connectivity index (χ3n) is 5.11. The zero-order valence-corrected chi connectivity index (χ0v) is 13.5. The predicted molar refractivity (Wildman–Crippen MR) is 88.1 cm³/mol. The number of benzene rings is 1. The van der Waals surface area contributed by atoms with E-state index in [1.54, 1.807) is 17.0 Å². The second-order valence-electron chi connectivity index (χ2n) is 6.55. The molecular formula is C18H17FN4O2. The molecule has 25 heavy (non-hydrogen) atoms. The summed E-state index contributed by atoms with van der Waals surface area (Å²) in [7, 11) is 0. The van der Waals surface area contributed by atoms with Crippen LogP contribution in [0.25, 0.3) is 0 Å². The van der Waals surface area contributed by atoms with Crippen molar-refractivity contribution in [2.75, 3.05) is 11.9 Å². The molecule has 2 saturated heterocycles. The maximum absolute atomic E-state index is 13.4. The Bertz CT molecular complexity index is 812. The van der Waals surface area contributed by atoms with Crippen LogP contribution in [-0.2, 0) is 15.0 Å². The van der Waals surface area contributed by atoms with E-state index >= 15 is 0 Å². The molecule has 7 heteroatoms. The van der Waals surface area contributed by atoms with Gasteiger partial charge in [0.1, 0.15) is 5.82 Å². The molecule has 2 amide bonds. The average Bonchev–Trinajstić information content (AvgIpc) is 3.16. The number of carbonyl (C=O) groups excluding carboxylic acids is 2. The van der Waals surface area contributed by atoms with E-state index in [1.165, 1.54) is 30.7 Å². The Hall–Kier alpha value is -2.83. The van der Waals surface area contributed by atoms with Gasteiger partial charge in [0.2, 0.25) is 11.8 Å². The van der Waals surface area contributed by atoms with Crippen LogP contribution in [0, 0.1) is 5.82 Å². The number of hydrogen-bond donors (Lipinski definition) is 1. The van der Waals surface area contributed by atoms with E-state index in [0.29, 0.717) is 30.8 Å².